The van der Waals surface area contributed by atoms with Crippen LogP contribution in [0.5, 0.6) is 0 Å². The zero-order valence-electron chi connectivity index (χ0n) is 23.5. The van der Waals surface area contributed by atoms with E-state index in [1.807, 2.05) is 80.8 Å². The van der Waals surface area contributed by atoms with Gasteiger partial charge in [0.1, 0.15) is 0 Å². The molecular weight excluding hydrogens is 509 g/mol. The van der Waals surface area contributed by atoms with Gasteiger partial charge in [0.2, 0.25) is 25.0 Å². The maximum atomic E-state index is 11.3. The minimum atomic E-state index is -2.99. The Kier molecular flexibility index (Phi) is 13.5. The van der Waals surface area contributed by atoms with Crippen molar-refractivity contribution in [1.82, 2.24) is 0 Å². The van der Waals surface area contributed by atoms with E-state index in [4.69, 9.17) is 26.6 Å². The van der Waals surface area contributed by atoms with Crippen LogP contribution in [0.15, 0.2) is 0 Å². The van der Waals surface area contributed by atoms with Gasteiger partial charge in [-0.15, -0.1) is 0 Å². The molecule has 0 aliphatic carbocycles. The van der Waals surface area contributed by atoms with Crippen molar-refractivity contribution < 1.29 is 41.9 Å². The third-order valence-corrected chi connectivity index (χ3v) is 21.7. The number of ether oxygens (including phenoxy) is 3. The molecule has 0 fully saturated rings. The first kappa shape index (κ1) is 34.5. The van der Waals surface area contributed by atoms with Crippen molar-refractivity contribution in [3.05, 3.63) is 0 Å². The molecule has 34 heavy (non-hydrogen) atoms. The Labute approximate surface area is 212 Å². The van der Waals surface area contributed by atoms with E-state index in [0.29, 0.717) is 39.1 Å². The van der Waals surface area contributed by atoms with Crippen molar-refractivity contribution in [2.24, 2.45) is 0 Å². The Morgan fingerprint density at radius 2 is 0.706 bits per heavy atom. The van der Waals surface area contributed by atoms with E-state index in [-0.39, 0.29) is 0 Å². The first-order valence-corrected chi connectivity index (χ1v) is 22.4. The van der Waals surface area contributed by atoms with E-state index < -0.39 is 50.7 Å². The first-order chi connectivity index (χ1) is 15.4. The second-order valence-corrected chi connectivity index (χ2v) is 24.2. The Balaban J connectivity index is 6.37. The summed E-state index contributed by atoms with van der Waals surface area (Å²) in [4.78, 5) is 0. The van der Waals surface area contributed by atoms with Crippen LogP contribution in [0.2, 0.25) is 39.3 Å². The van der Waals surface area contributed by atoms with Gasteiger partial charge >= 0.3 is 9.53 Å². The first-order valence-electron chi connectivity index (χ1n) is 12.4. The molecule has 3 unspecified atom stereocenters. The molecule has 0 saturated heterocycles. The Morgan fingerprint density at radius 3 is 0.853 bits per heavy atom. The highest BCUT2D eigenvalue weighted by Crippen LogP contribution is 2.34. The molecule has 0 rings (SSSR count). The highest BCUT2D eigenvalue weighted by Gasteiger charge is 2.57. The molecule has 0 aromatic heterocycles. The molecule has 3 N–H and O–H groups in total. The lowest BCUT2D eigenvalue weighted by atomic mass is 10.5. The quantitative estimate of drug-likeness (QED) is 0.171. The van der Waals surface area contributed by atoms with Crippen LogP contribution in [0.3, 0.4) is 0 Å². The maximum absolute atomic E-state index is 11.3. The molecule has 205 valence electrons. The molecule has 0 aliphatic heterocycles. The fraction of sp³-hybridized carbons (Fsp3) is 1.00. The maximum Gasteiger partial charge on any atom is 0.544 e. The molecule has 0 heterocycles. The summed E-state index contributed by atoms with van der Waals surface area (Å²) in [6.07, 6.45) is 1.02. The summed E-state index contributed by atoms with van der Waals surface area (Å²) in [7, 11) is -11.5. The predicted molar refractivity (Wildman–Crippen MR) is 142 cm³/mol. The summed E-state index contributed by atoms with van der Waals surface area (Å²) in [5.41, 5.74) is -4.36. The Morgan fingerprint density at radius 1 is 0.500 bits per heavy atom. The van der Waals surface area contributed by atoms with Crippen molar-refractivity contribution >= 4 is 34.5 Å². The molecule has 13 heteroatoms. The molecule has 0 spiro atoms. The molecule has 0 aliphatic rings. The molecule has 0 amide bonds. The van der Waals surface area contributed by atoms with Gasteiger partial charge in [0.05, 0.1) is 0 Å². The molecule has 0 saturated carbocycles. The lowest BCUT2D eigenvalue weighted by molar-refractivity contribution is -0.158. The topological polar surface area (TPSA) is 116 Å². The molecular formula is C21H51O9Si4. The van der Waals surface area contributed by atoms with Crippen LogP contribution in [-0.4, -0.2) is 85.9 Å². The second-order valence-electron chi connectivity index (χ2n) is 9.80. The van der Waals surface area contributed by atoms with Crippen molar-refractivity contribution in [2.45, 2.75) is 116 Å². The van der Waals surface area contributed by atoms with Gasteiger partial charge in [0.25, 0.3) is 0 Å². The van der Waals surface area contributed by atoms with E-state index in [1.54, 1.807) is 0 Å². The van der Waals surface area contributed by atoms with Crippen molar-refractivity contribution in [1.29, 1.82) is 0 Å². The van der Waals surface area contributed by atoms with Crippen LogP contribution < -0.4 is 0 Å². The number of rotatable bonds is 18. The highest BCUT2D eigenvalue weighted by atomic mass is 28.5. The average molecular weight is 560 g/mol. The number of hydrogen-bond donors (Lipinski definition) is 3. The second kappa shape index (κ2) is 13.3. The van der Waals surface area contributed by atoms with Gasteiger partial charge in [-0.05, 0) is 79.3 Å². The van der Waals surface area contributed by atoms with Gasteiger partial charge < -0.3 is 41.9 Å². The monoisotopic (exact) mass is 559 g/mol. The SMILES string of the molecule is CCOC(O)(CC)[Si](C)(C)O[Si](O[Si](C)(C)C(O)(CC)OCC)O[Si](C)(C)C(O)(CC)OCC. The fourth-order valence-electron chi connectivity index (χ4n) is 3.75. The Hall–Kier alpha value is 0.508. The molecule has 0 aromatic carbocycles. The van der Waals surface area contributed by atoms with Gasteiger partial charge in [-0.3, -0.25) is 0 Å². The Bertz CT molecular complexity index is 530. The van der Waals surface area contributed by atoms with Crippen molar-refractivity contribution in [2.75, 3.05) is 19.8 Å². The van der Waals surface area contributed by atoms with E-state index in [9.17, 15) is 15.3 Å². The largest absolute Gasteiger partial charge is 0.544 e. The highest BCUT2D eigenvalue weighted by molar-refractivity contribution is 6.86. The standard InChI is InChI=1S/C21H51O9Si4/c1-13-19(22,25-16-4)32(7,8)28-31(29-33(9,10)20(23,14-2)26-17-5)30-34(11,12)21(24,15-3)27-18-6/h22-24H,13-18H2,1-12H3. The predicted octanol–water partition coefficient (Wildman–Crippen LogP) is 3.66. The van der Waals surface area contributed by atoms with Crippen LogP contribution in [0.25, 0.3) is 0 Å². The van der Waals surface area contributed by atoms with Gasteiger partial charge in [-0.1, -0.05) is 20.8 Å². The lowest BCUT2D eigenvalue weighted by Crippen LogP contribution is -2.68. The molecule has 0 aromatic rings. The molecule has 3 atom stereocenters. The lowest BCUT2D eigenvalue weighted by Gasteiger charge is -2.46. The average Bonchev–Trinajstić information content (AvgIpc) is 2.72. The molecule has 1 radical (unpaired) electrons. The van der Waals surface area contributed by atoms with E-state index in [0.717, 1.165) is 0 Å². The van der Waals surface area contributed by atoms with Crippen molar-refractivity contribution in [3.8, 4) is 0 Å². The van der Waals surface area contributed by atoms with Crippen LogP contribution in [0.4, 0.5) is 0 Å². The van der Waals surface area contributed by atoms with E-state index >= 15 is 0 Å². The van der Waals surface area contributed by atoms with E-state index in [2.05, 4.69) is 0 Å². The summed E-state index contributed by atoms with van der Waals surface area (Å²) in [5.74, 6) is 0. The summed E-state index contributed by atoms with van der Waals surface area (Å²) >= 11 is 0. The van der Waals surface area contributed by atoms with Gasteiger partial charge in [0, 0.05) is 19.8 Å². The summed E-state index contributed by atoms with van der Waals surface area (Å²) < 4.78 is 36.7. The zero-order chi connectivity index (χ0) is 27.1. The van der Waals surface area contributed by atoms with Crippen LogP contribution >= 0.6 is 0 Å². The van der Waals surface area contributed by atoms with Crippen LogP contribution in [0, 0.1) is 0 Å². The third-order valence-electron chi connectivity index (χ3n) is 6.42. The van der Waals surface area contributed by atoms with Crippen LogP contribution in [0.1, 0.15) is 60.8 Å². The zero-order valence-corrected chi connectivity index (χ0v) is 27.5. The molecule has 9 nitrogen and oxygen atoms in total. The van der Waals surface area contributed by atoms with E-state index in [1.165, 1.54) is 0 Å². The third kappa shape index (κ3) is 8.00. The van der Waals surface area contributed by atoms with Gasteiger partial charge in [-0.2, -0.15) is 0 Å². The summed E-state index contributed by atoms with van der Waals surface area (Å²) in [6, 6.07) is 0. The normalized spacial score (nSPS) is 19.1. The number of hydrogen-bond acceptors (Lipinski definition) is 9. The molecule has 0 bridgehead atoms. The fourth-order valence-corrected chi connectivity index (χ4v) is 16.3. The van der Waals surface area contributed by atoms with Gasteiger partial charge in [0.15, 0.2) is 16.2 Å². The number of aliphatic hydroxyl groups is 3. The summed E-state index contributed by atoms with van der Waals surface area (Å²) in [6.45, 7) is 23.1. The smallest absolute Gasteiger partial charge is 0.409 e. The minimum Gasteiger partial charge on any atom is -0.409 e. The van der Waals surface area contributed by atoms with Crippen molar-refractivity contribution in [3.63, 3.8) is 0 Å². The van der Waals surface area contributed by atoms with Crippen LogP contribution in [-0.2, 0) is 26.6 Å². The minimum absolute atomic E-state index is 0.328. The van der Waals surface area contributed by atoms with Gasteiger partial charge in [-0.25, -0.2) is 0 Å². The summed E-state index contributed by atoms with van der Waals surface area (Å²) in [5, 5.41) is 33.8.